The number of rotatable bonds is 7. The molecule has 0 fully saturated rings. The SMILES string of the molecule is O=S(=O)(Nc1ccc(-c2nc3cc(NS(=O)(=O)c4cccc5nonc45)ccc3o2)cc1)c1ccc(Cl)s1. The van der Waals surface area contributed by atoms with Crippen LogP contribution in [0.25, 0.3) is 33.6 Å². The molecule has 0 amide bonds. The molecule has 0 saturated carbocycles. The molecule has 0 aliphatic rings. The monoisotopic (exact) mass is 587 g/mol. The van der Waals surface area contributed by atoms with E-state index in [1.807, 2.05) is 0 Å². The highest BCUT2D eigenvalue weighted by Gasteiger charge is 2.21. The van der Waals surface area contributed by atoms with Crippen molar-refractivity contribution in [2.75, 3.05) is 9.44 Å². The van der Waals surface area contributed by atoms with Gasteiger partial charge < -0.3 is 4.42 Å². The zero-order chi connectivity index (χ0) is 26.5. The zero-order valence-corrected chi connectivity index (χ0v) is 22.0. The summed E-state index contributed by atoms with van der Waals surface area (Å²) in [5.74, 6) is 0.276. The van der Waals surface area contributed by atoms with Crippen molar-refractivity contribution in [3.8, 4) is 11.5 Å². The minimum absolute atomic E-state index is 0.0740. The molecule has 0 aliphatic carbocycles. The Kier molecular flexibility index (Phi) is 5.83. The van der Waals surface area contributed by atoms with Crippen molar-refractivity contribution in [3.05, 3.63) is 77.1 Å². The van der Waals surface area contributed by atoms with Crippen molar-refractivity contribution in [1.82, 2.24) is 15.3 Å². The van der Waals surface area contributed by atoms with Gasteiger partial charge in [-0.1, -0.05) is 17.7 Å². The quantitative estimate of drug-likeness (QED) is 0.251. The fraction of sp³-hybridized carbons (Fsp3) is 0. The maximum atomic E-state index is 13.0. The van der Waals surface area contributed by atoms with Crippen LogP contribution in [0.1, 0.15) is 0 Å². The van der Waals surface area contributed by atoms with Crippen molar-refractivity contribution in [1.29, 1.82) is 0 Å². The van der Waals surface area contributed by atoms with Crippen molar-refractivity contribution in [2.24, 2.45) is 0 Å². The molecule has 192 valence electrons. The van der Waals surface area contributed by atoms with E-state index in [4.69, 9.17) is 16.0 Å². The average molecular weight is 588 g/mol. The number of nitrogens with one attached hydrogen (secondary N) is 2. The molecule has 3 heterocycles. The first-order valence-corrected chi connectivity index (χ1v) is 14.9. The predicted molar refractivity (Wildman–Crippen MR) is 142 cm³/mol. The van der Waals surface area contributed by atoms with Crippen molar-refractivity contribution in [2.45, 2.75) is 9.10 Å². The summed E-state index contributed by atoms with van der Waals surface area (Å²) in [5, 5.41) is 7.35. The fourth-order valence-electron chi connectivity index (χ4n) is 3.65. The van der Waals surface area contributed by atoms with Crippen LogP contribution in [0.4, 0.5) is 11.4 Å². The molecule has 11 nitrogen and oxygen atoms in total. The van der Waals surface area contributed by atoms with Gasteiger partial charge in [0.15, 0.2) is 11.1 Å². The van der Waals surface area contributed by atoms with Gasteiger partial charge in [-0.3, -0.25) is 9.44 Å². The van der Waals surface area contributed by atoms with E-state index < -0.39 is 20.0 Å². The number of oxazole rings is 1. The summed E-state index contributed by atoms with van der Waals surface area (Å²) in [4.78, 5) is 4.38. The Balaban J connectivity index is 1.23. The van der Waals surface area contributed by atoms with Crippen LogP contribution in [-0.4, -0.2) is 32.1 Å². The normalized spacial score (nSPS) is 12.2. The molecule has 0 atom stereocenters. The highest BCUT2D eigenvalue weighted by atomic mass is 35.5. The molecule has 6 aromatic rings. The Hall–Kier alpha value is -3.98. The van der Waals surface area contributed by atoms with E-state index in [0.717, 1.165) is 11.3 Å². The molecular weight excluding hydrogens is 574 g/mol. The van der Waals surface area contributed by atoms with Gasteiger partial charge in [0.25, 0.3) is 20.0 Å². The molecule has 0 bridgehead atoms. The lowest BCUT2D eigenvalue weighted by atomic mass is 10.2. The first-order valence-electron chi connectivity index (χ1n) is 10.7. The lowest BCUT2D eigenvalue weighted by Crippen LogP contribution is -2.13. The Labute approximate surface area is 224 Å². The Morgan fingerprint density at radius 2 is 1.55 bits per heavy atom. The summed E-state index contributed by atoms with van der Waals surface area (Å²) in [5.41, 5.74) is 2.50. The third-order valence-corrected chi connectivity index (χ3v) is 9.89. The number of thiophene rings is 1. The van der Waals surface area contributed by atoms with E-state index in [9.17, 15) is 16.8 Å². The largest absolute Gasteiger partial charge is 0.436 e. The smallest absolute Gasteiger partial charge is 0.271 e. The van der Waals surface area contributed by atoms with Gasteiger partial charge in [0, 0.05) is 11.3 Å². The number of nitrogens with zero attached hydrogens (tertiary/aromatic N) is 3. The molecule has 0 aliphatic heterocycles. The van der Waals surface area contributed by atoms with Crippen LogP contribution >= 0.6 is 22.9 Å². The number of hydrogen-bond acceptors (Lipinski definition) is 10. The number of anilines is 2. The van der Waals surface area contributed by atoms with E-state index in [1.165, 1.54) is 24.3 Å². The first-order chi connectivity index (χ1) is 18.2. The molecule has 0 unspecified atom stereocenters. The van der Waals surface area contributed by atoms with E-state index in [0.29, 0.717) is 32.2 Å². The zero-order valence-electron chi connectivity index (χ0n) is 18.8. The minimum atomic E-state index is -4.00. The molecule has 38 heavy (non-hydrogen) atoms. The van der Waals surface area contributed by atoms with E-state index in [-0.39, 0.29) is 26.2 Å². The standard InChI is InChI=1S/C23H14ClN5O6S3/c24-20-10-11-21(36-20)38(32,33)28-14-6-4-13(5-7-14)23-25-17-12-15(8-9-18(17)34-23)29-37(30,31)19-3-1-2-16-22(19)27-35-26-16/h1-12,28-29H. The van der Waals surface area contributed by atoms with E-state index >= 15 is 0 Å². The number of aromatic nitrogens is 3. The predicted octanol–water partition coefficient (Wildman–Crippen LogP) is 5.35. The molecule has 0 radical (unpaired) electrons. The van der Waals surface area contributed by atoms with Gasteiger partial charge in [0.1, 0.15) is 20.1 Å². The second kappa shape index (κ2) is 9.09. The van der Waals surface area contributed by atoms with Crippen molar-refractivity contribution < 1.29 is 25.9 Å². The second-order valence-electron chi connectivity index (χ2n) is 7.94. The average Bonchev–Trinajstić information content (AvgIpc) is 3.63. The summed E-state index contributed by atoms with van der Waals surface area (Å²) in [7, 11) is -7.76. The molecule has 0 saturated heterocycles. The summed E-state index contributed by atoms with van der Waals surface area (Å²) >= 11 is 6.80. The van der Waals surface area contributed by atoms with Crippen LogP contribution in [0.15, 0.2) is 90.9 Å². The van der Waals surface area contributed by atoms with Crippen LogP contribution in [0.3, 0.4) is 0 Å². The van der Waals surface area contributed by atoms with Gasteiger partial charge in [0.2, 0.25) is 5.89 Å². The van der Waals surface area contributed by atoms with Gasteiger partial charge in [0.05, 0.1) is 10.0 Å². The van der Waals surface area contributed by atoms with Crippen LogP contribution in [0.2, 0.25) is 4.34 Å². The summed E-state index contributed by atoms with van der Waals surface area (Å²) in [6, 6.07) is 18.6. The summed E-state index contributed by atoms with van der Waals surface area (Å²) in [6.45, 7) is 0. The van der Waals surface area contributed by atoms with Crippen LogP contribution in [0.5, 0.6) is 0 Å². The van der Waals surface area contributed by atoms with Crippen LogP contribution in [0, 0.1) is 0 Å². The number of fused-ring (bicyclic) bond motifs is 2. The summed E-state index contributed by atoms with van der Waals surface area (Å²) < 4.78 is 66.9. The Morgan fingerprint density at radius 3 is 2.32 bits per heavy atom. The number of hydrogen-bond donors (Lipinski definition) is 2. The minimum Gasteiger partial charge on any atom is -0.436 e. The lowest BCUT2D eigenvalue weighted by Gasteiger charge is -2.07. The molecule has 15 heteroatoms. The molecule has 3 aromatic carbocycles. The fourth-order valence-corrected chi connectivity index (χ4v) is 7.39. The van der Waals surface area contributed by atoms with Gasteiger partial charge in [-0.15, -0.1) is 11.3 Å². The van der Waals surface area contributed by atoms with Gasteiger partial charge in [-0.05, 0) is 77.0 Å². The van der Waals surface area contributed by atoms with Crippen LogP contribution in [-0.2, 0) is 20.0 Å². The molecule has 3 aromatic heterocycles. The lowest BCUT2D eigenvalue weighted by molar-refractivity contribution is 0.315. The number of halogens is 1. The molecule has 6 rings (SSSR count). The highest BCUT2D eigenvalue weighted by molar-refractivity contribution is 7.94. The maximum Gasteiger partial charge on any atom is 0.271 e. The van der Waals surface area contributed by atoms with Crippen LogP contribution < -0.4 is 9.44 Å². The van der Waals surface area contributed by atoms with Gasteiger partial charge >= 0.3 is 0 Å². The van der Waals surface area contributed by atoms with Crippen molar-refractivity contribution >= 4 is 76.5 Å². The third kappa shape index (κ3) is 4.58. The Bertz CT molecular complexity index is 2030. The van der Waals surface area contributed by atoms with Gasteiger partial charge in [-0.25, -0.2) is 26.4 Å². The first kappa shape index (κ1) is 24.4. The van der Waals surface area contributed by atoms with Crippen molar-refractivity contribution in [3.63, 3.8) is 0 Å². The summed E-state index contributed by atoms with van der Waals surface area (Å²) in [6.07, 6.45) is 0. The molecular formula is C23H14ClN5O6S3. The number of sulfonamides is 2. The molecule has 0 spiro atoms. The molecule has 2 N–H and O–H groups in total. The highest BCUT2D eigenvalue weighted by Crippen LogP contribution is 2.30. The maximum absolute atomic E-state index is 13.0. The van der Waals surface area contributed by atoms with E-state index in [1.54, 1.807) is 48.5 Å². The van der Waals surface area contributed by atoms with Gasteiger partial charge in [-0.2, -0.15) is 0 Å². The topological polar surface area (TPSA) is 157 Å². The third-order valence-electron chi connectivity index (χ3n) is 5.38. The van der Waals surface area contributed by atoms with E-state index in [2.05, 4.69) is 29.4 Å². The number of benzene rings is 3. The second-order valence-corrected chi connectivity index (χ2v) is 13.2. The Morgan fingerprint density at radius 1 is 0.789 bits per heavy atom.